The van der Waals surface area contributed by atoms with Crippen LogP contribution in [0.1, 0.15) is 31.2 Å². The molecular formula is C12H16FNO3S. The molecule has 4 nitrogen and oxygen atoms in total. The molecule has 0 fully saturated rings. The van der Waals surface area contributed by atoms with Crippen LogP contribution in [0.3, 0.4) is 0 Å². The van der Waals surface area contributed by atoms with Crippen LogP contribution in [0.2, 0.25) is 0 Å². The average Bonchev–Trinajstić information content (AvgIpc) is 2.27. The number of sulfonamides is 1. The van der Waals surface area contributed by atoms with Crippen molar-refractivity contribution in [2.75, 3.05) is 6.61 Å². The molecule has 100 valence electrons. The highest BCUT2D eigenvalue weighted by molar-refractivity contribution is 7.89. The Morgan fingerprint density at radius 1 is 1.56 bits per heavy atom. The van der Waals surface area contributed by atoms with Gasteiger partial charge in [0.1, 0.15) is 11.6 Å². The molecule has 0 bridgehead atoms. The topological polar surface area (TPSA) is 69.4 Å². The van der Waals surface area contributed by atoms with Gasteiger partial charge in [0.2, 0.25) is 10.0 Å². The molecule has 1 aromatic rings. The van der Waals surface area contributed by atoms with Crippen LogP contribution in [0, 0.1) is 5.82 Å². The van der Waals surface area contributed by atoms with Crippen molar-refractivity contribution in [1.29, 1.82) is 0 Å². The van der Waals surface area contributed by atoms with Crippen LogP contribution in [0.25, 0.3) is 0 Å². The van der Waals surface area contributed by atoms with Crippen LogP contribution in [-0.2, 0) is 10.0 Å². The van der Waals surface area contributed by atoms with E-state index in [0.29, 0.717) is 25.2 Å². The van der Waals surface area contributed by atoms with E-state index in [-0.39, 0.29) is 5.92 Å². The van der Waals surface area contributed by atoms with Gasteiger partial charge < -0.3 is 4.74 Å². The summed E-state index contributed by atoms with van der Waals surface area (Å²) in [5.74, 6) is -0.194. The number of hydrogen-bond donors (Lipinski definition) is 1. The molecule has 1 aliphatic rings. The van der Waals surface area contributed by atoms with E-state index in [2.05, 4.69) is 0 Å². The maximum absolute atomic E-state index is 13.1. The van der Waals surface area contributed by atoms with Gasteiger partial charge in [-0.3, -0.25) is 0 Å². The van der Waals surface area contributed by atoms with Gasteiger partial charge in [0.15, 0.2) is 0 Å². The number of benzene rings is 1. The third-order valence-corrected chi connectivity index (χ3v) is 4.84. The molecule has 0 radical (unpaired) electrons. The van der Waals surface area contributed by atoms with E-state index in [9.17, 15) is 12.8 Å². The standard InChI is InChI=1S/C12H16FNO3S/c1-2-12(18(14,15)16)10-5-6-17-11-7-8(13)3-4-9(10)11/h3-4,7,10,12H,2,5-6H2,1H3,(H2,14,15,16)/t10-,12+/m1/s1. The Labute approximate surface area is 106 Å². The molecule has 0 aromatic heterocycles. The fraction of sp³-hybridized carbons (Fsp3) is 0.500. The molecule has 2 atom stereocenters. The molecule has 0 saturated heterocycles. The fourth-order valence-electron chi connectivity index (χ4n) is 2.52. The lowest BCUT2D eigenvalue weighted by atomic mass is 9.89. The van der Waals surface area contributed by atoms with Crippen LogP contribution in [0.4, 0.5) is 4.39 Å². The largest absolute Gasteiger partial charge is 0.493 e. The molecule has 0 unspecified atom stereocenters. The number of primary sulfonamides is 1. The third kappa shape index (κ3) is 2.49. The fourth-order valence-corrected chi connectivity index (χ4v) is 3.73. The molecule has 2 rings (SSSR count). The van der Waals surface area contributed by atoms with Crippen molar-refractivity contribution in [3.8, 4) is 5.75 Å². The van der Waals surface area contributed by atoms with Gasteiger partial charge in [0, 0.05) is 12.0 Å². The molecule has 2 N–H and O–H groups in total. The van der Waals surface area contributed by atoms with Gasteiger partial charge in [-0.1, -0.05) is 13.0 Å². The molecule has 1 aromatic carbocycles. The van der Waals surface area contributed by atoms with Gasteiger partial charge in [-0.25, -0.2) is 17.9 Å². The lowest BCUT2D eigenvalue weighted by Gasteiger charge is -2.30. The summed E-state index contributed by atoms with van der Waals surface area (Å²) in [6.45, 7) is 2.17. The van der Waals surface area contributed by atoms with Crippen molar-refractivity contribution >= 4 is 10.0 Å². The highest BCUT2D eigenvalue weighted by Crippen LogP contribution is 2.38. The zero-order valence-corrected chi connectivity index (χ0v) is 10.9. The number of nitrogens with two attached hydrogens (primary N) is 1. The second-order valence-electron chi connectivity index (χ2n) is 4.46. The van der Waals surface area contributed by atoms with Gasteiger partial charge in [-0.05, 0) is 24.5 Å². The second kappa shape index (κ2) is 4.85. The van der Waals surface area contributed by atoms with Gasteiger partial charge in [0.05, 0.1) is 11.9 Å². The van der Waals surface area contributed by atoms with Crippen LogP contribution >= 0.6 is 0 Å². The minimum atomic E-state index is -3.62. The Morgan fingerprint density at radius 3 is 2.89 bits per heavy atom. The summed E-state index contributed by atoms with van der Waals surface area (Å²) in [5, 5.41) is 4.62. The first kappa shape index (κ1) is 13.3. The second-order valence-corrected chi connectivity index (χ2v) is 6.25. The number of halogens is 1. The summed E-state index contributed by atoms with van der Waals surface area (Å²) in [4.78, 5) is 0. The summed E-state index contributed by atoms with van der Waals surface area (Å²) in [5.41, 5.74) is 0.725. The zero-order chi connectivity index (χ0) is 13.3. The minimum Gasteiger partial charge on any atom is -0.493 e. The SMILES string of the molecule is CC[C@@H]([C@@H]1CCOc2cc(F)ccc21)S(N)(=O)=O. The normalized spacial score (nSPS) is 20.9. The highest BCUT2D eigenvalue weighted by Gasteiger charge is 2.34. The van der Waals surface area contributed by atoms with Gasteiger partial charge in [0.25, 0.3) is 0 Å². The lowest BCUT2D eigenvalue weighted by Crippen LogP contribution is -2.35. The van der Waals surface area contributed by atoms with E-state index in [1.54, 1.807) is 13.0 Å². The Hall–Kier alpha value is -1.14. The predicted molar refractivity (Wildman–Crippen MR) is 66.4 cm³/mol. The monoisotopic (exact) mass is 273 g/mol. The average molecular weight is 273 g/mol. The Bertz CT molecular complexity index is 544. The number of fused-ring (bicyclic) bond motifs is 1. The van der Waals surface area contributed by atoms with E-state index in [4.69, 9.17) is 9.88 Å². The number of ether oxygens (including phenoxy) is 1. The molecule has 0 spiro atoms. The lowest BCUT2D eigenvalue weighted by molar-refractivity contribution is 0.261. The van der Waals surface area contributed by atoms with Crippen molar-refractivity contribution in [3.63, 3.8) is 0 Å². The predicted octanol–water partition coefficient (Wildman–Crippen LogP) is 1.76. The van der Waals surface area contributed by atoms with Crippen LogP contribution < -0.4 is 9.88 Å². The first-order chi connectivity index (χ1) is 8.43. The first-order valence-corrected chi connectivity index (χ1v) is 7.48. The molecule has 6 heteroatoms. The van der Waals surface area contributed by atoms with Crippen molar-refractivity contribution in [1.82, 2.24) is 0 Å². The molecule has 18 heavy (non-hydrogen) atoms. The smallest absolute Gasteiger partial charge is 0.212 e. The van der Waals surface area contributed by atoms with Crippen molar-refractivity contribution in [3.05, 3.63) is 29.6 Å². The Morgan fingerprint density at radius 2 is 2.28 bits per heavy atom. The van der Waals surface area contributed by atoms with E-state index >= 15 is 0 Å². The zero-order valence-electron chi connectivity index (χ0n) is 10.1. The van der Waals surface area contributed by atoms with Crippen LogP contribution in [0.15, 0.2) is 18.2 Å². The van der Waals surface area contributed by atoms with E-state index in [0.717, 1.165) is 5.56 Å². The summed E-state index contributed by atoms with van der Waals surface area (Å²) < 4.78 is 41.7. The molecule has 0 aliphatic carbocycles. The van der Waals surface area contributed by atoms with Gasteiger partial charge in [-0.15, -0.1) is 0 Å². The highest BCUT2D eigenvalue weighted by atomic mass is 32.2. The molecule has 0 amide bonds. The van der Waals surface area contributed by atoms with Crippen molar-refractivity contribution in [2.24, 2.45) is 5.14 Å². The molecule has 1 aliphatic heterocycles. The van der Waals surface area contributed by atoms with Gasteiger partial charge >= 0.3 is 0 Å². The maximum Gasteiger partial charge on any atom is 0.212 e. The maximum atomic E-state index is 13.1. The first-order valence-electron chi connectivity index (χ1n) is 5.87. The number of hydrogen-bond acceptors (Lipinski definition) is 3. The third-order valence-electron chi connectivity index (χ3n) is 3.33. The van der Waals surface area contributed by atoms with Crippen LogP contribution in [-0.4, -0.2) is 20.3 Å². The number of rotatable bonds is 3. The minimum absolute atomic E-state index is 0.227. The van der Waals surface area contributed by atoms with Crippen molar-refractivity contribution < 1.29 is 17.5 Å². The molecular weight excluding hydrogens is 257 g/mol. The van der Waals surface area contributed by atoms with Gasteiger partial charge in [-0.2, -0.15) is 0 Å². The van der Waals surface area contributed by atoms with Crippen molar-refractivity contribution in [2.45, 2.75) is 30.9 Å². The summed E-state index contributed by atoms with van der Waals surface area (Å²) in [6, 6.07) is 4.19. The van der Waals surface area contributed by atoms with E-state index in [1.807, 2.05) is 0 Å². The summed E-state index contributed by atoms with van der Waals surface area (Å²) in [7, 11) is -3.62. The summed E-state index contributed by atoms with van der Waals surface area (Å²) in [6.07, 6.45) is 1.01. The molecule has 0 saturated carbocycles. The Balaban J connectivity index is 2.44. The molecule has 1 heterocycles. The quantitative estimate of drug-likeness (QED) is 0.912. The van der Waals surface area contributed by atoms with E-state index < -0.39 is 21.1 Å². The van der Waals surface area contributed by atoms with E-state index in [1.165, 1.54) is 12.1 Å². The Kier molecular flexibility index (Phi) is 3.59. The van der Waals surface area contributed by atoms with Crippen LogP contribution in [0.5, 0.6) is 5.75 Å². The summed E-state index contributed by atoms with van der Waals surface area (Å²) >= 11 is 0.